The molecular weight excluding hydrogens is 450 g/mol. The number of nitro groups is 1. The molecule has 1 unspecified atom stereocenters. The van der Waals surface area contributed by atoms with Gasteiger partial charge >= 0.3 is 0 Å². The second kappa shape index (κ2) is 8.23. The number of nitro benzene ring substituents is 1. The highest BCUT2D eigenvalue weighted by molar-refractivity contribution is 6.00. The molecule has 0 fully saturated rings. The van der Waals surface area contributed by atoms with Crippen LogP contribution in [0.3, 0.4) is 0 Å². The fraction of sp³-hybridized carbons (Fsp3) is 0.320. The van der Waals surface area contributed by atoms with E-state index in [1.165, 1.54) is 18.2 Å². The van der Waals surface area contributed by atoms with E-state index >= 15 is 0 Å². The number of ketones is 1. The Morgan fingerprint density at radius 3 is 2.80 bits per heavy atom. The molecule has 0 saturated carbocycles. The van der Waals surface area contributed by atoms with Crippen molar-refractivity contribution < 1.29 is 19.6 Å². The molecule has 2 aromatic carbocycles. The zero-order chi connectivity index (χ0) is 24.9. The first-order valence-electron chi connectivity index (χ1n) is 11.4. The fourth-order valence-electron chi connectivity index (χ4n) is 4.77. The Labute approximate surface area is 201 Å². The number of nitrogens with zero attached hydrogens (tertiary/aromatic N) is 4. The van der Waals surface area contributed by atoms with Gasteiger partial charge in [-0.05, 0) is 36.5 Å². The Kier molecular flexibility index (Phi) is 5.31. The molecule has 3 aromatic rings. The average Bonchev–Trinajstić information content (AvgIpc) is 3.22. The predicted octanol–water partition coefficient (Wildman–Crippen LogP) is 4.62. The first-order chi connectivity index (χ1) is 16.7. The smallest absolute Gasteiger partial charge is 0.270 e. The number of fused-ring (bicyclic) bond motifs is 1. The van der Waals surface area contributed by atoms with Crippen LogP contribution in [0.1, 0.15) is 45.2 Å². The number of aromatic nitrogens is 3. The number of allylic oxidation sites excluding steroid dienone is 2. The summed E-state index contributed by atoms with van der Waals surface area (Å²) in [5.41, 5.74) is 2.31. The van der Waals surface area contributed by atoms with Crippen molar-refractivity contribution in [2.45, 2.75) is 39.7 Å². The molecule has 10 nitrogen and oxygen atoms in total. The number of hydrogen-bond donors (Lipinski definition) is 2. The van der Waals surface area contributed by atoms with Gasteiger partial charge in [0, 0.05) is 35.4 Å². The summed E-state index contributed by atoms with van der Waals surface area (Å²) in [6.07, 6.45) is 1.04. The van der Waals surface area contributed by atoms with Gasteiger partial charge in [-0.3, -0.25) is 14.9 Å². The number of hydrogen-bond acceptors (Lipinski definition) is 8. The Balaban J connectivity index is 1.68. The Morgan fingerprint density at radius 2 is 2.06 bits per heavy atom. The van der Waals surface area contributed by atoms with Gasteiger partial charge in [0.2, 0.25) is 5.95 Å². The molecule has 0 saturated heterocycles. The van der Waals surface area contributed by atoms with E-state index in [0.717, 1.165) is 5.70 Å². The maximum Gasteiger partial charge on any atom is 0.270 e. The van der Waals surface area contributed by atoms with E-state index in [4.69, 9.17) is 4.74 Å². The van der Waals surface area contributed by atoms with Gasteiger partial charge in [0.15, 0.2) is 23.1 Å². The normalized spacial score (nSPS) is 18.5. The van der Waals surface area contributed by atoms with Crippen molar-refractivity contribution in [2.24, 2.45) is 5.41 Å². The van der Waals surface area contributed by atoms with Crippen molar-refractivity contribution in [1.29, 1.82) is 0 Å². The van der Waals surface area contributed by atoms with Crippen LogP contribution in [0.25, 0.3) is 11.4 Å². The Bertz CT molecular complexity index is 1390. The highest BCUT2D eigenvalue weighted by atomic mass is 16.6. The van der Waals surface area contributed by atoms with E-state index in [-0.39, 0.29) is 22.6 Å². The summed E-state index contributed by atoms with van der Waals surface area (Å²) in [5.74, 6) is 1.07. The fourth-order valence-corrected chi connectivity index (χ4v) is 4.77. The molecule has 10 heteroatoms. The molecule has 1 aromatic heterocycles. The average molecular weight is 476 g/mol. The van der Waals surface area contributed by atoms with Crippen LogP contribution in [0.4, 0.5) is 11.6 Å². The van der Waals surface area contributed by atoms with Crippen molar-refractivity contribution in [2.75, 3.05) is 11.9 Å². The highest BCUT2D eigenvalue weighted by Crippen LogP contribution is 2.46. The molecule has 0 amide bonds. The number of anilines is 1. The van der Waals surface area contributed by atoms with Crippen molar-refractivity contribution in [3.8, 4) is 22.9 Å². The number of phenols is 1. The van der Waals surface area contributed by atoms with E-state index in [1.54, 1.807) is 28.9 Å². The first kappa shape index (κ1) is 22.6. The Hall–Kier alpha value is -4.21. The summed E-state index contributed by atoms with van der Waals surface area (Å²) in [5, 5.41) is 29.5. The third-order valence-corrected chi connectivity index (χ3v) is 6.25. The lowest BCUT2D eigenvalue weighted by Crippen LogP contribution is -2.36. The topological polar surface area (TPSA) is 132 Å². The van der Waals surface area contributed by atoms with Crippen LogP contribution in [0.2, 0.25) is 0 Å². The number of phenolic OH excluding ortho intramolecular Hbond substituents is 1. The van der Waals surface area contributed by atoms with Gasteiger partial charge in [0.25, 0.3) is 5.69 Å². The van der Waals surface area contributed by atoms with Crippen LogP contribution in [0, 0.1) is 15.5 Å². The third kappa shape index (κ3) is 4.01. The van der Waals surface area contributed by atoms with Crippen LogP contribution in [0.5, 0.6) is 11.5 Å². The van der Waals surface area contributed by atoms with Crippen molar-refractivity contribution in [3.63, 3.8) is 0 Å². The van der Waals surface area contributed by atoms with E-state index in [2.05, 4.69) is 15.4 Å². The van der Waals surface area contributed by atoms with Crippen LogP contribution < -0.4 is 10.1 Å². The summed E-state index contributed by atoms with van der Waals surface area (Å²) in [6.45, 7) is 6.29. The monoisotopic (exact) mass is 475 g/mol. The number of non-ortho nitro benzene ring substituents is 1. The first-order valence-corrected chi connectivity index (χ1v) is 11.4. The molecule has 2 N–H and O–H groups in total. The molecule has 180 valence electrons. The minimum atomic E-state index is -0.593. The number of aromatic hydroxyl groups is 1. The van der Waals surface area contributed by atoms with Crippen molar-refractivity contribution in [1.82, 2.24) is 14.8 Å². The number of carbonyl (C=O) groups excluding carboxylic acids is 1. The molecule has 5 rings (SSSR count). The number of ether oxygens (including phenoxy) is 1. The summed E-state index contributed by atoms with van der Waals surface area (Å²) >= 11 is 0. The van der Waals surface area contributed by atoms with Crippen LogP contribution in [0.15, 0.2) is 53.7 Å². The Morgan fingerprint density at radius 1 is 1.26 bits per heavy atom. The lowest BCUT2D eigenvalue weighted by Gasteiger charge is -2.38. The zero-order valence-electron chi connectivity index (χ0n) is 19.6. The van der Waals surface area contributed by atoms with Gasteiger partial charge in [0.05, 0.1) is 11.5 Å². The summed E-state index contributed by atoms with van der Waals surface area (Å²) in [7, 11) is 0. The molecule has 0 bridgehead atoms. The minimum Gasteiger partial charge on any atom is -0.504 e. The lowest BCUT2D eigenvalue weighted by molar-refractivity contribution is -0.384. The lowest BCUT2D eigenvalue weighted by atomic mass is 9.73. The molecule has 2 aliphatic rings. The largest absolute Gasteiger partial charge is 0.504 e. The SMILES string of the molecule is CCOc1cc(C2C3=C(CC(C)(C)CC3=O)Nc3nc(-c4cccc([N+](=O)[O-])c4)nn32)ccc1O. The van der Waals surface area contributed by atoms with Gasteiger partial charge in [0.1, 0.15) is 6.04 Å². The van der Waals surface area contributed by atoms with Gasteiger partial charge in [-0.15, -0.1) is 5.10 Å². The van der Waals surface area contributed by atoms with Crippen LogP contribution >= 0.6 is 0 Å². The maximum absolute atomic E-state index is 13.4. The predicted molar refractivity (Wildman–Crippen MR) is 128 cm³/mol. The van der Waals surface area contributed by atoms with Crippen LogP contribution in [-0.2, 0) is 4.79 Å². The number of benzene rings is 2. The maximum atomic E-state index is 13.4. The molecule has 2 heterocycles. The summed E-state index contributed by atoms with van der Waals surface area (Å²) in [6, 6.07) is 10.5. The van der Waals surface area contributed by atoms with Gasteiger partial charge in [-0.25, -0.2) is 4.68 Å². The van der Waals surface area contributed by atoms with Crippen molar-refractivity contribution in [3.05, 3.63) is 69.4 Å². The molecule has 35 heavy (non-hydrogen) atoms. The number of rotatable bonds is 5. The molecule has 1 atom stereocenters. The number of nitrogens with one attached hydrogen (secondary N) is 1. The molecular formula is C25H25N5O5. The highest BCUT2D eigenvalue weighted by Gasteiger charge is 2.42. The van der Waals surface area contributed by atoms with E-state index in [9.17, 15) is 20.0 Å². The van der Waals surface area contributed by atoms with Gasteiger partial charge < -0.3 is 15.2 Å². The summed E-state index contributed by atoms with van der Waals surface area (Å²) < 4.78 is 7.22. The molecule has 0 radical (unpaired) electrons. The number of carbonyl (C=O) groups is 1. The van der Waals surface area contributed by atoms with Gasteiger partial charge in [-0.1, -0.05) is 32.0 Å². The quantitative estimate of drug-likeness (QED) is 0.404. The van der Waals surface area contributed by atoms with Gasteiger partial charge in [-0.2, -0.15) is 4.98 Å². The van der Waals surface area contributed by atoms with E-state index < -0.39 is 11.0 Å². The van der Waals surface area contributed by atoms with Crippen LogP contribution in [-0.4, -0.2) is 37.2 Å². The second-order valence-electron chi connectivity index (χ2n) is 9.53. The van der Waals surface area contributed by atoms with E-state index in [1.807, 2.05) is 20.8 Å². The third-order valence-electron chi connectivity index (χ3n) is 6.25. The molecule has 0 spiro atoms. The standard InChI is InChI=1S/C25H25N5O5/c1-4-35-20-11-14(8-9-18(20)31)22-21-17(12-25(2,3)13-19(21)32)26-24-27-23(28-29(22)24)15-6-5-7-16(10-15)30(33)34/h5-11,22,31H,4,12-13H2,1-3H3,(H,26,27,28). The summed E-state index contributed by atoms with van der Waals surface area (Å²) in [4.78, 5) is 28.8. The van der Waals surface area contributed by atoms with E-state index in [0.29, 0.717) is 53.7 Å². The molecule has 1 aliphatic carbocycles. The number of Topliss-reactive ketones (excluding diaryl/α,β-unsaturated/α-hetero) is 1. The minimum absolute atomic E-state index is 0.00550. The van der Waals surface area contributed by atoms with Crippen molar-refractivity contribution >= 4 is 17.4 Å². The second-order valence-corrected chi connectivity index (χ2v) is 9.53. The zero-order valence-corrected chi connectivity index (χ0v) is 19.6. The molecule has 1 aliphatic heterocycles.